The molecule has 1 N–H and O–H groups in total. The zero-order valence-electron chi connectivity index (χ0n) is 20.8. The van der Waals surface area contributed by atoms with Gasteiger partial charge in [0.25, 0.3) is 0 Å². The van der Waals surface area contributed by atoms with Crippen LogP contribution in [0.25, 0.3) is 0 Å². The molecule has 0 spiro atoms. The second kappa shape index (κ2) is 11.6. The predicted molar refractivity (Wildman–Crippen MR) is 138 cm³/mol. The van der Waals surface area contributed by atoms with Gasteiger partial charge in [-0.15, -0.1) is 0 Å². The van der Waals surface area contributed by atoms with E-state index in [0.717, 1.165) is 16.7 Å². The van der Waals surface area contributed by atoms with Gasteiger partial charge in [0.2, 0.25) is 11.8 Å². The summed E-state index contributed by atoms with van der Waals surface area (Å²) in [6.45, 7) is 6.98. The molecule has 34 heavy (non-hydrogen) atoms. The van der Waals surface area contributed by atoms with E-state index in [1.165, 1.54) is 5.56 Å². The van der Waals surface area contributed by atoms with E-state index in [1.54, 1.807) is 11.9 Å². The van der Waals surface area contributed by atoms with Crippen LogP contribution < -0.4 is 5.32 Å². The Bertz CT molecular complexity index is 1050. The molecule has 1 unspecified atom stereocenters. The van der Waals surface area contributed by atoms with Crippen molar-refractivity contribution in [1.29, 1.82) is 0 Å². The van der Waals surface area contributed by atoms with Crippen molar-refractivity contribution in [2.45, 2.75) is 58.0 Å². The standard InChI is InChI=1S/C30H36N2O2/c1-30(2,3)26-18-15-23(16-19-26)17-20-28(33)32(22-25-13-9-6-10-14-25)27(29(34)31-4)21-24-11-7-5-8-12-24/h5-16,18-19,27H,17,20-22H2,1-4H3,(H,31,34). The van der Waals surface area contributed by atoms with E-state index < -0.39 is 6.04 Å². The molecule has 1 atom stereocenters. The number of nitrogens with zero attached hydrogens (tertiary/aromatic N) is 1. The van der Waals surface area contributed by atoms with E-state index in [-0.39, 0.29) is 17.2 Å². The highest BCUT2D eigenvalue weighted by atomic mass is 16.2. The first kappa shape index (κ1) is 25.2. The number of likely N-dealkylation sites (N-methyl/N-ethyl adjacent to an activating group) is 1. The summed E-state index contributed by atoms with van der Waals surface area (Å²) in [5.41, 5.74) is 4.53. The Morgan fingerprint density at radius 1 is 0.794 bits per heavy atom. The zero-order chi connectivity index (χ0) is 24.6. The molecule has 4 nitrogen and oxygen atoms in total. The molecule has 0 saturated carbocycles. The Labute approximate surface area is 204 Å². The third kappa shape index (κ3) is 7.05. The Balaban J connectivity index is 1.81. The number of aryl methyl sites for hydroxylation is 1. The Morgan fingerprint density at radius 2 is 1.35 bits per heavy atom. The van der Waals surface area contributed by atoms with Crippen LogP contribution in [0.3, 0.4) is 0 Å². The van der Waals surface area contributed by atoms with E-state index in [1.807, 2.05) is 60.7 Å². The summed E-state index contributed by atoms with van der Waals surface area (Å²) in [5, 5.41) is 2.77. The van der Waals surface area contributed by atoms with Gasteiger partial charge in [0, 0.05) is 26.4 Å². The first-order valence-corrected chi connectivity index (χ1v) is 12.0. The highest BCUT2D eigenvalue weighted by molar-refractivity contribution is 5.88. The number of hydrogen-bond donors (Lipinski definition) is 1. The van der Waals surface area contributed by atoms with E-state index in [9.17, 15) is 9.59 Å². The fourth-order valence-corrected chi connectivity index (χ4v) is 4.07. The molecule has 0 aliphatic carbocycles. The van der Waals surface area contributed by atoms with Gasteiger partial charge in [0.1, 0.15) is 6.04 Å². The van der Waals surface area contributed by atoms with Crippen molar-refractivity contribution in [3.05, 3.63) is 107 Å². The number of carbonyl (C=O) groups excluding carboxylic acids is 2. The highest BCUT2D eigenvalue weighted by Gasteiger charge is 2.29. The van der Waals surface area contributed by atoms with Crippen LogP contribution in [0.1, 0.15) is 49.4 Å². The monoisotopic (exact) mass is 456 g/mol. The topological polar surface area (TPSA) is 49.4 Å². The zero-order valence-corrected chi connectivity index (χ0v) is 20.8. The number of carbonyl (C=O) groups is 2. The smallest absolute Gasteiger partial charge is 0.242 e. The molecular formula is C30H36N2O2. The lowest BCUT2D eigenvalue weighted by Gasteiger charge is -2.31. The van der Waals surface area contributed by atoms with Crippen LogP contribution in [0.4, 0.5) is 0 Å². The average molecular weight is 457 g/mol. The fraction of sp³-hybridized carbons (Fsp3) is 0.333. The molecule has 2 amide bonds. The minimum Gasteiger partial charge on any atom is -0.357 e. The molecule has 0 fully saturated rings. The third-order valence-electron chi connectivity index (χ3n) is 6.16. The first-order valence-electron chi connectivity index (χ1n) is 12.0. The van der Waals surface area contributed by atoms with Crippen molar-refractivity contribution in [2.24, 2.45) is 0 Å². The lowest BCUT2D eigenvalue weighted by Crippen LogP contribution is -2.49. The van der Waals surface area contributed by atoms with Crippen molar-refractivity contribution >= 4 is 11.8 Å². The molecule has 3 aromatic carbocycles. The van der Waals surface area contributed by atoms with Gasteiger partial charge in [-0.2, -0.15) is 0 Å². The Morgan fingerprint density at radius 3 is 1.88 bits per heavy atom. The molecule has 0 aromatic heterocycles. The van der Waals surface area contributed by atoms with Crippen LogP contribution in [0.2, 0.25) is 0 Å². The van der Waals surface area contributed by atoms with Gasteiger partial charge in [-0.05, 0) is 34.1 Å². The quantitative estimate of drug-likeness (QED) is 0.475. The van der Waals surface area contributed by atoms with Crippen LogP contribution >= 0.6 is 0 Å². The molecule has 0 aliphatic heterocycles. The minimum absolute atomic E-state index is 0.0201. The summed E-state index contributed by atoms with van der Waals surface area (Å²) in [6.07, 6.45) is 1.46. The van der Waals surface area contributed by atoms with Crippen LogP contribution in [0.15, 0.2) is 84.9 Å². The van der Waals surface area contributed by atoms with E-state index >= 15 is 0 Å². The van der Waals surface area contributed by atoms with Crippen molar-refractivity contribution < 1.29 is 9.59 Å². The fourth-order valence-electron chi connectivity index (χ4n) is 4.07. The van der Waals surface area contributed by atoms with Gasteiger partial charge in [-0.3, -0.25) is 9.59 Å². The first-order chi connectivity index (χ1) is 16.3. The second-order valence-corrected chi connectivity index (χ2v) is 9.77. The summed E-state index contributed by atoms with van der Waals surface area (Å²) in [4.78, 5) is 28.2. The summed E-state index contributed by atoms with van der Waals surface area (Å²) in [6, 6.07) is 27.7. The summed E-state index contributed by atoms with van der Waals surface area (Å²) in [5.74, 6) is -0.170. The molecule has 0 radical (unpaired) electrons. The van der Waals surface area contributed by atoms with Crippen molar-refractivity contribution in [1.82, 2.24) is 10.2 Å². The normalized spacial score (nSPS) is 12.1. The van der Waals surface area contributed by atoms with Gasteiger partial charge in [-0.1, -0.05) is 106 Å². The largest absolute Gasteiger partial charge is 0.357 e. The maximum Gasteiger partial charge on any atom is 0.242 e. The van der Waals surface area contributed by atoms with E-state index in [0.29, 0.717) is 25.8 Å². The average Bonchev–Trinajstić information content (AvgIpc) is 2.85. The lowest BCUT2D eigenvalue weighted by atomic mass is 9.86. The van der Waals surface area contributed by atoms with Gasteiger partial charge in [0.15, 0.2) is 0 Å². The van der Waals surface area contributed by atoms with Gasteiger partial charge < -0.3 is 10.2 Å². The lowest BCUT2D eigenvalue weighted by molar-refractivity contribution is -0.141. The third-order valence-corrected chi connectivity index (χ3v) is 6.16. The number of amides is 2. The van der Waals surface area contributed by atoms with Crippen LogP contribution in [0, 0.1) is 0 Å². The van der Waals surface area contributed by atoms with Crippen molar-refractivity contribution in [3.8, 4) is 0 Å². The Hall–Kier alpha value is -3.40. The SMILES string of the molecule is CNC(=O)C(Cc1ccccc1)N(Cc1ccccc1)C(=O)CCc1ccc(C(C)(C)C)cc1. The second-order valence-electron chi connectivity index (χ2n) is 9.77. The molecule has 3 aromatic rings. The van der Waals surface area contributed by atoms with Crippen molar-refractivity contribution in [3.63, 3.8) is 0 Å². The molecule has 0 heterocycles. The van der Waals surface area contributed by atoms with Gasteiger partial charge >= 0.3 is 0 Å². The molecular weight excluding hydrogens is 420 g/mol. The van der Waals surface area contributed by atoms with E-state index in [2.05, 4.69) is 50.4 Å². The molecule has 178 valence electrons. The van der Waals surface area contributed by atoms with Crippen molar-refractivity contribution in [2.75, 3.05) is 7.05 Å². The predicted octanol–water partition coefficient (Wildman–Crippen LogP) is 5.30. The van der Waals surface area contributed by atoms with E-state index in [4.69, 9.17) is 0 Å². The molecule has 0 bridgehead atoms. The van der Waals surface area contributed by atoms with Crippen LogP contribution in [-0.4, -0.2) is 29.8 Å². The maximum absolute atomic E-state index is 13.5. The number of nitrogens with one attached hydrogen (secondary N) is 1. The number of benzene rings is 3. The molecule has 4 heteroatoms. The number of hydrogen-bond acceptors (Lipinski definition) is 2. The molecule has 0 saturated heterocycles. The van der Waals surface area contributed by atoms with Gasteiger partial charge in [-0.25, -0.2) is 0 Å². The summed E-state index contributed by atoms with van der Waals surface area (Å²) >= 11 is 0. The maximum atomic E-state index is 13.5. The number of rotatable bonds is 9. The Kier molecular flexibility index (Phi) is 8.64. The van der Waals surface area contributed by atoms with Crippen LogP contribution in [-0.2, 0) is 34.4 Å². The minimum atomic E-state index is -0.580. The van der Waals surface area contributed by atoms with Crippen LogP contribution in [0.5, 0.6) is 0 Å². The molecule has 3 rings (SSSR count). The molecule has 0 aliphatic rings. The summed E-state index contributed by atoms with van der Waals surface area (Å²) < 4.78 is 0. The summed E-state index contributed by atoms with van der Waals surface area (Å²) in [7, 11) is 1.63. The highest BCUT2D eigenvalue weighted by Crippen LogP contribution is 2.23. The van der Waals surface area contributed by atoms with Gasteiger partial charge in [0.05, 0.1) is 0 Å².